The number of nitrogens with zero attached hydrogens (tertiary/aromatic N) is 2. The first kappa shape index (κ1) is 12.9. The van der Waals surface area contributed by atoms with E-state index in [4.69, 9.17) is 0 Å². The number of aromatic nitrogens is 2. The molecule has 1 aromatic heterocycles. The maximum atomic E-state index is 10.5. The van der Waals surface area contributed by atoms with Gasteiger partial charge < -0.3 is 5.11 Å². The molecule has 1 unspecified atom stereocenters. The predicted octanol–water partition coefficient (Wildman–Crippen LogP) is 3.33. The van der Waals surface area contributed by atoms with Gasteiger partial charge >= 0.3 is 0 Å². The molecule has 102 valence electrons. The monoisotopic (exact) mass is 266 g/mol. The number of hydrogen-bond acceptors (Lipinski definition) is 2. The molecule has 0 aliphatic rings. The molecule has 0 aliphatic heterocycles. The number of hydrogen-bond donors (Lipinski definition) is 1. The predicted molar refractivity (Wildman–Crippen MR) is 80.5 cm³/mol. The van der Waals surface area contributed by atoms with Crippen molar-refractivity contribution in [2.75, 3.05) is 0 Å². The summed E-state index contributed by atoms with van der Waals surface area (Å²) in [5.74, 6) is 0. The molecule has 3 rings (SSSR count). The normalized spacial score (nSPS) is 12.7. The van der Waals surface area contributed by atoms with Gasteiger partial charge in [-0.2, -0.15) is 5.10 Å². The Hall–Kier alpha value is -2.13. The van der Waals surface area contributed by atoms with Gasteiger partial charge in [0.2, 0.25) is 0 Å². The third-order valence-corrected chi connectivity index (χ3v) is 3.68. The third-order valence-electron chi connectivity index (χ3n) is 3.68. The average Bonchev–Trinajstić information content (AvgIpc) is 2.96. The maximum absolute atomic E-state index is 10.5. The van der Waals surface area contributed by atoms with Gasteiger partial charge in [0.1, 0.15) is 0 Å². The van der Waals surface area contributed by atoms with E-state index in [0.29, 0.717) is 6.42 Å². The van der Waals surface area contributed by atoms with E-state index in [1.54, 1.807) is 6.20 Å². The highest BCUT2D eigenvalue weighted by molar-refractivity contribution is 5.85. The smallest absolute Gasteiger partial charge is 0.0997 e. The first-order valence-electron chi connectivity index (χ1n) is 6.96. The van der Waals surface area contributed by atoms with E-state index in [9.17, 15) is 5.11 Å². The van der Waals surface area contributed by atoms with Gasteiger partial charge in [0.25, 0.3) is 0 Å². The number of aryl methyl sites for hydroxylation is 1. The second-order valence-electron chi connectivity index (χ2n) is 4.93. The Morgan fingerprint density at radius 3 is 2.75 bits per heavy atom. The summed E-state index contributed by atoms with van der Waals surface area (Å²) < 4.78 is 1.84. The molecule has 2 aromatic carbocycles. The molecular formula is C17H18N2O. The van der Waals surface area contributed by atoms with E-state index in [2.05, 4.69) is 29.4 Å². The number of benzene rings is 2. The van der Waals surface area contributed by atoms with Crippen LogP contribution in [0, 0.1) is 0 Å². The third kappa shape index (κ3) is 2.32. The van der Waals surface area contributed by atoms with Crippen LogP contribution in [0.3, 0.4) is 0 Å². The van der Waals surface area contributed by atoms with E-state index in [-0.39, 0.29) is 0 Å². The lowest BCUT2D eigenvalue weighted by Gasteiger charge is -2.14. The molecule has 1 atom stereocenters. The molecule has 1 N–H and O–H groups in total. The Kier molecular flexibility index (Phi) is 3.52. The van der Waals surface area contributed by atoms with Gasteiger partial charge in [0.15, 0.2) is 0 Å². The standard InChI is InChI=1S/C17H18N2O/c1-2-19-16(10-11-18-19)17(20)12-14-8-5-7-13-6-3-4-9-15(13)14/h3-11,17,20H,2,12H2,1H3. The van der Waals surface area contributed by atoms with E-state index in [1.807, 2.05) is 35.9 Å². The van der Waals surface area contributed by atoms with E-state index in [1.165, 1.54) is 16.3 Å². The van der Waals surface area contributed by atoms with Gasteiger partial charge in [-0.05, 0) is 29.3 Å². The van der Waals surface area contributed by atoms with Crippen molar-refractivity contribution in [3.8, 4) is 0 Å². The van der Waals surface area contributed by atoms with Gasteiger partial charge in [-0.15, -0.1) is 0 Å². The van der Waals surface area contributed by atoms with Crippen LogP contribution in [0.1, 0.15) is 24.3 Å². The zero-order valence-electron chi connectivity index (χ0n) is 11.5. The summed E-state index contributed by atoms with van der Waals surface area (Å²) in [6, 6.07) is 16.4. The second-order valence-corrected chi connectivity index (χ2v) is 4.93. The molecule has 1 heterocycles. The van der Waals surface area contributed by atoms with Crippen LogP contribution in [0.4, 0.5) is 0 Å². The molecule has 0 aliphatic carbocycles. The number of fused-ring (bicyclic) bond motifs is 1. The minimum absolute atomic E-state index is 0.525. The molecule has 0 radical (unpaired) electrons. The zero-order valence-corrected chi connectivity index (χ0v) is 11.5. The van der Waals surface area contributed by atoms with Crippen molar-refractivity contribution in [2.24, 2.45) is 0 Å². The van der Waals surface area contributed by atoms with Crippen molar-refractivity contribution >= 4 is 10.8 Å². The van der Waals surface area contributed by atoms with Crippen molar-refractivity contribution in [2.45, 2.75) is 26.0 Å². The number of aliphatic hydroxyl groups excluding tert-OH is 1. The van der Waals surface area contributed by atoms with Crippen LogP contribution < -0.4 is 0 Å². The molecule has 0 saturated carbocycles. The zero-order chi connectivity index (χ0) is 13.9. The first-order valence-corrected chi connectivity index (χ1v) is 6.96. The molecule has 3 heteroatoms. The molecule has 3 aromatic rings. The van der Waals surface area contributed by atoms with Crippen molar-refractivity contribution < 1.29 is 5.11 Å². The molecule has 3 nitrogen and oxygen atoms in total. The van der Waals surface area contributed by atoms with Crippen LogP contribution in [-0.4, -0.2) is 14.9 Å². The van der Waals surface area contributed by atoms with Crippen LogP contribution in [0.15, 0.2) is 54.7 Å². The Balaban J connectivity index is 1.93. The summed E-state index contributed by atoms with van der Waals surface area (Å²) in [5.41, 5.74) is 2.04. The van der Waals surface area contributed by atoms with Crippen molar-refractivity contribution in [3.63, 3.8) is 0 Å². The van der Waals surface area contributed by atoms with Crippen molar-refractivity contribution in [1.82, 2.24) is 9.78 Å². The van der Waals surface area contributed by atoms with Crippen molar-refractivity contribution in [3.05, 3.63) is 66.0 Å². The molecule has 20 heavy (non-hydrogen) atoms. The molecule has 0 amide bonds. The van der Waals surface area contributed by atoms with Gasteiger partial charge in [-0.3, -0.25) is 4.68 Å². The van der Waals surface area contributed by atoms with E-state index >= 15 is 0 Å². The molecule has 0 saturated heterocycles. The summed E-state index contributed by atoms with van der Waals surface area (Å²) in [7, 11) is 0. The highest BCUT2D eigenvalue weighted by atomic mass is 16.3. The molecular weight excluding hydrogens is 248 g/mol. The molecule has 0 spiro atoms. The van der Waals surface area contributed by atoms with Crippen LogP contribution >= 0.6 is 0 Å². The van der Waals surface area contributed by atoms with Crippen LogP contribution in [0.2, 0.25) is 0 Å². The van der Waals surface area contributed by atoms with Crippen LogP contribution in [0.5, 0.6) is 0 Å². The van der Waals surface area contributed by atoms with Gasteiger partial charge in [0.05, 0.1) is 11.8 Å². The highest BCUT2D eigenvalue weighted by Crippen LogP contribution is 2.24. The van der Waals surface area contributed by atoms with Crippen LogP contribution in [0.25, 0.3) is 10.8 Å². The minimum atomic E-state index is -0.525. The van der Waals surface area contributed by atoms with E-state index in [0.717, 1.165) is 12.2 Å². The summed E-state index contributed by atoms with van der Waals surface area (Å²) in [6.45, 7) is 2.80. The molecule has 0 fully saturated rings. The number of rotatable bonds is 4. The first-order chi connectivity index (χ1) is 9.79. The summed E-state index contributed by atoms with van der Waals surface area (Å²) in [5, 5.41) is 17.1. The lowest BCUT2D eigenvalue weighted by Crippen LogP contribution is -2.10. The second kappa shape index (κ2) is 5.47. The Bertz CT molecular complexity index is 712. The molecule has 0 bridgehead atoms. The lowest BCUT2D eigenvalue weighted by molar-refractivity contribution is 0.167. The topological polar surface area (TPSA) is 38.0 Å². The Labute approximate surface area is 118 Å². The summed E-state index contributed by atoms with van der Waals surface area (Å²) in [4.78, 5) is 0. The Morgan fingerprint density at radius 1 is 1.10 bits per heavy atom. The largest absolute Gasteiger partial charge is 0.386 e. The fourth-order valence-electron chi connectivity index (χ4n) is 2.67. The Morgan fingerprint density at radius 2 is 1.90 bits per heavy atom. The lowest BCUT2D eigenvalue weighted by atomic mass is 9.99. The summed E-state index contributed by atoms with van der Waals surface area (Å²) in [6.07, 6.45) is 1.82. The number of aliphatic hydroxyl groups is 1. The quantitative estimate of drug-likeness (QED) is 0.786. The highest BCUT2D eigenvalue weighted by Gasteiger charge is 2.14. The van der Waals surface area contributed by atoms with E-state index < -0.39 is 6.10 Å². The van der Waals surface area contributed by atoms with Gasteiger partial charge in [0, 0.05) is 19.2 Å². The van der Waals surface area contributed by atoms with Gasteiger partial charge in [-0.1, -0.05) is 42.5 Å². The fourth-order valence-corrected chi connectivity index (χ4v) is 2.67. The fraction of sp³-hybridized carbons (Fsp3) is 0.235. The summed E-state index contributed by atoms with van der Waals surface area (Å²) >= 11 is 0. The van der Waals surface area contributed by atoms with Crippen molar-refractivity contribution in [1.29, 1.82) is 0 Å². The average molecular weight is 266 g/mol. The van der Waals surface area contributed by atoms with Crippen LogP contribution in [-0.2, 0) is 13.0 Å². The SMILES string of the molecule is CCn1nccc1C(O)Cc1cccc2ccccc12. The maximum Gasteiger partial charge on any atom is 0.0997 e. The van der Waals surface area contributed by atoms with Gasteiger partial charge in [-0.25, -0.2) is 0 Å². The minimum Gasteiger partial charge on any atom is -0.386 e.